The van der Waals surface area contributed by atoms with E-state index in [0.29, 0.717) is 29.2 Å². The van der Waals surface area contributed by atoms with Crippen LogP contribution in [0.4, 0.5) is 0 Å². The smallest absolute Gasteiger partial charge is 0.262 e. The lowest BCUT2D eigenvalue weighted by Gasteiger charge is -2.36. The zero-order chi connectivity index (χ0) is 20.1. The van der Waals surface area contributed by atoms with E-state index in [1.54, 1.807) is 4.57 Å². The predicted molar refractivity (Wildman–Crippen MR) is 115 cm³/mol. The number of H-pyrrole nitrogens is 1. The minimum atomic E-state index is -0.0431. The van der Waals surface area contributed by atoms with Gasteiger partial charge in [0.1, 0.15) is 0 Å². The molecule has 1 fully saturated rings. The van der Waals surface area contributed by atoms with Crippen LogP contribution in [0.25, 0.3) is 10.9 Å². The first-order valence-electron chi connectivity index (χ1n) is 10.1. The fourth-order valence-corrected chi connectivity index (χ4v) is 4.17. The highest BCUT2D eigenvalue weighted by molar-refractivity contribution is 7.71. The first kappa shape index (κ1) is 20.7. The highest BCUT2D eigenvalue weighted by atomic mass is 32.1. The molecule has 1 saturated heterocycles. The van der Waals surface area contributed by atoms with Crippen molar-refractivity contribution in [2.75, 3.05) is 27.2 Å². The van der Waals surface area contributed by atoms with Gasteiger partial charge in [0.2, 0.25) is 5.91 Å². The van der Waals surface area contributed by atoms with E-state index in [-0.39, 0.29) is 11.5 Å². The van der Waals surface area contributed by atoms with Crippen molar-refractivity contribution in [3.05, 3.63) is 39.4 Å². The standard InChI is InChI=1S/C21H30N4O2S/c1-23(2)16-9-8-13-24(15-16)19(26)12-4-3-7-14-25-20(27)17-10-5-6-11-18(17)22-21(25)28/h5-6,10-11,16H,3-4,7-9,12-15H2,1-2H3,(H,22,28). The molecule has 0 bridgehead atoms. The van der Waals surface area contributed by atoms with E-state index in [1.807, 2.05) is 29.2 Å². The fourth-order valence-electron chi connectivity index (χ4n) is 3.89. The Balaban J connectivity index is 1.48. The van der Waals surface area contributed by atoms with Crippen molar-refractivity contribution in [1.29, 1.82) is 0 Å². The van der Waals surface area contributed by atoms with Crippen LogP contribution in [0.5, 0.6) is 0 Å². The number of hydrogen-bond acceptors (Lipinski definition) is 4. The molecule has 1 aliphatic rings. The van der Waals surface area contributed by atoms with Gasteiger partial charge in [0.05, 0.1) is 10.9 Å². The Bertz CT molecular complexity index is 934. The number of nitrogens with one attached hydrogen (secondary N) is 1. The van der Waals surface area contributed by atoms with Crippen molar-refractivity contribution in [3.63, 3.8) is 0 Å². The third-order valence-electron chi connectivity index (χ3n) is 5.64. The van der Waals surface area contributed by atoms with Crippen molar-refractivity contribution in [2.45, 2.75) is 51.1 Å². The monoisotopic (exact) mass is 402 g/mol. The highest BCUT2D eigenvalue weighted by Crippen LogP contribution is 2.16. The van der Waals surface area contributed by atoms with Gasteiger partial charge < -0.3 is 14.8 Å². The number of rotatable bonds is 7. The quantitative estimate of drug-likeness (QED) is 0.571. The summed E-state index contributed by atoms with van der Waals surface area (Å²) in [5, 5.41) is 0.659. The van der Waals surface area contributed by atoms with Crippen LogP contribution < -0.4 is 5.56 Å². The number of aromatic amines is 1. The maximum atomic E-state index is 12.6. The zero-order valence-corrected chi connectivity index (χ0v) is 17.6. The molecule has 1 aromatic carbocycles. The second kappa shape index (κ2) is 9.47. The molecular formula is C21H30N4O2S. The van der Waals surface area contributed by atoms with Gasteiger partial charge in [0.25, 0.3) is 5.56 Å². The van der Waals surface area contributed by atoms with Gasteiger partial charge in [-0.2, -0.15) is 0 Å². The third kappa shape index (κ3) is 4.89. The van der Waals surface area contributed by atoms with Crippen LogP contribution in [0.2, 0.25) is 0 Å². The van der Waals surface area contributed by atoms with Gasteiger partial charge in [-0.3, -0.25) is 14.2 Å². The number of carbonyl (C=O) groups is 1. The van der Waals surface area contributed by atoms with E-state index in [0.717, 1.165) is 50.7 Å². The normalized spacial score (nSPS) is 17.4. The van der Waals surface area contributed by atoms with Crippen LogP contribution in [0, 0.1) is 4.77 Å². The molecule has 2 heterocycles. The van der Waals surface area contributed by atoms with Crippen LogP contribution in [-0.2, 0) is 11.3 Å². The van der Waals surface area contributed by atoms with Crippen LogP contribution in [0.3, 0.4) is 0 Å². The number of aromatic nitrogens is 2. The van der Waals surface area contributed by atoms with Crippen molar-refractivity contribution in [2.24, 2.45) is 0 Å². The third-order valence-corrected chi connectivity index (χ3v) is 5.96. The Morgan fingerprint density at radius 1 is 1.25 bits per heavy atom. The maximum Gasteiger partial charge on any atom is 0.262 e. The fraction of sp³-hybridized carbons (Fsp3) is 0.571. The first-order valence-corrected chi connectivity index (χ1v) is 10.5. The van der Waals surface area contributed by atoms with Crippen LogP contribution in [0.1, 0.15) is 38.5 Å². The van der Waals surface area contributed by atoms with E-state index in [4.69, 9.17) is 12.2 Å². The average molecular weight is 403 g/mol. The number of nitrogens with zero attached hydrogens (tertiary/aromatic N) is 3. The second-order valence-electron chi connectivity index (χ2n) is 7.84. The number of piperidine rings is 1. The second-order valence-corrected chi connectivity index (χ2v) is 8.23. The SMILES string of the molecule is CN(C)C1CCCN(C(=O)CCCCCn2c(=S)[nH]c3ccccc3c2=O)C1. The summed E-state index contributed by atoms with van der Waals surface area (Å²) in [6.07, 6.45) is 5.42. The van der Waals surface area contributed by atoms with E-state index < -0.39 is 0 Å². The Hall–Kier alpha value is -1.99. The molecule has 1 atom stereocenters. The molecule has 1 N–H and O–H groups in total. The van der Waals surface area contributed by atoms with Gasteiger partial charge in [-0.05, 0) is 64.1 Å². The molecule has 6 nitrogen and oxygen atoms in total. The van der Waals surface area contributed by atoms with E-state index in [1.165, 1.54) is 0 Å². The molecule has 0 radical (unpaired) electrons. The van der Waals surface area contributed by atoms with Gasteiger partial charge in [-0.15, -0.1) is 0 Å². The lowest BCUT2D eigenvalue weighted by atomic mass is 10.0. The van der Waals surface area contributed by atoms with Crippen molar-refractivity contribution < 1.29 is 4.79 Å². The summed E-state index contributed by atoms with van der Waals surface area (Å²) in [5.74, 6) is 0.256. The number of unbranched alkanes of at least 4 members (excludes halogenated alkanes) is 2. The Labute approximate surface area is 171 Å². The largest absolute Gasteiger partial charge is 0.341 e. The number of likely N-dealkylation sites (N-methyl/N-ethyl adjacent to an activating group) is 1. The number of benzene rings is 1. The zero-order valence-electron chi connectivity index (χ0n) is 16.8. The molecule has 0 saturated carbocycles. The molecule has 7 heteroatoms. The topological polar surface area (TPSA) is 61.3 Å². The lowest BCUT2D eigenvalue weighted by molar-refractivity contribution is -0.133. The summed E-state index contributed by atoms with van der Waals surface area (Å²) in [4.78, 5) is 32.5. The van der Waals surface area contributed by atoms with Crippen molar-refractivity contribution in [1.82, 2.24) is 19.4 Å². The molecule has 0 aliphatic carbocycles. The van der Waals surface area contributed by atoms with E-state index >= 15 is 0 Å². The summed E-state index contributed by atoms with van der Waals surface area (Å²) in [6, 6.07) is 7.90. The van der Waals surface area contributed by atoms with Crippen LogP contribution >= 0.6 is 12.2 Å². The average Bonchev–Trinajstić information content (AvgIpc) is 2.69. The van der Waals surface area contributed by atoms with Crippen LogP contribution in [0.15, 0.2) is 29.1 Å². The minimum absolute atomic E-state index is 0.0431. The number of para-hydroxylation sites is 1. The molecule has 1 amide bonds. The van der Waals surface area contributed by atoms with Gasteiger partial charge in [0.15, 0.2) is 4.77 Å². The number of hydrogen-bond donors (Lipinski definition) is 1. The number of likely N-dealkylation sites (tertiary alicyclic amines) is 1. The molecule has 1 aliphatic heterocycles. The summed E-state index contributed by atoms with van der Waals surface area (Å²) < 4.78 is 2.09. The number of amides is 1. The Kier molecular flexibility index (Phi) is 7.02. The molecule has 1 unspecified atom stereocenters. The van der Waals surface area contributed by atoms with E-state index in [2.05, 4.69) is 24.0 Å². The Morgan fingerprint density at radius 3 is 2.82 bits per heavy atom. The molecule has 2 aromatic rings. The number of fused-ring (bicyclic) bond motifs is 1. The molecule has 28 heavy (non-hydrogen) atoms. The summed E-state index contributed by atoms with van der Waals surface area (Å²) in [6.45, 7) is 2.30. The summed E-state index contributed by atoms with van der Waals surface area (Å²) in [5.41, 5.74) is 0.732. The molecule has 3 rings (SSSR count). The predicted octanol–water partition coefficient (Wildman–Crippen LogP) is 3.17. The molecule has 152 valence electrons. The van der Waals surface area contributed by atoms with Gasteiger partial charge in [-0.25, -0.2) is 0 Å². The minimum Gasteiger partial charge on any atom is -0.341 e. The van der Waals surface area contributed by atoms with E-state index in [9.17, 15) is 9.59 Å². The summed E-state index contributed by atoms with van der Waals surface area (Å²) in [7, 11) is 4.16. The maximum absolute atomic E-state index is 12.6. The van der Waals surface area contributed by atoms with Gasteiger partial charge in [0, 0.05) is 32.1 Å². The van der Waals surface area contributed by atoms with Gasteiger partial charge in [-0.1, -0.05) is 18.6 Å². The molecule has 0 spiro atoms. The van der Waals surface area contributed by atoms with Crippen molar-refractivity contribution >= 4 is 29.0 Å². The lowest BCUT2D eigenvalue weighted by Crippen LogP contribution is -2.47. The molecule has 1 aromatic heterocycles. The van der Waals surface area contributed by atoms with Gasteiger partial charge >= 0.3 is 0 Å². The van der Waals surface area contributed by atoms with Crippen molar-refractivity contribution in [3.8, 4) is 0 Å². The molecular weight excluding hydrogens is 372 g/mol. The first-order chi connectivity index (χ1) is 13.5. The van der Waals surface area contributed by atoms with Crippen LogP contribution in [-0.4, -0.2) is 58.5 Å². The number of carbonyl (C=O) groups excluding carboxylic acids is 1. The Morgan fingerprint density at radius 2 is 2.04 bits per heavy atom. The highest BCUT2D eigenvalue weighted by Gasteiger charge is 2.24. The summed E-state index contributed by atoms with van der Waals surface area (Å²) >= 11 is 5.35.